The molecule has 0 radical (unpaired) electrons. The van der Waals surface area contributed by atoms with E-state index in [1.807, 2.05) is 11.0 Å². The first kappa shape index (κ1) is 20.1. The lowest BCUT2D eigenvalue weighted by Crippen LogP contribution is -2.48. The van der Waals surface area contributed by atoms with Crippen molar-refractivity contribution in [3.63, 3.8) is 0 Å². The van der Waals surface area contributed by atoms with Crippen LogP contribution in [0.5, 0.6) is 0 Å². The first-order valence-corrected chi connectivity index (χ1v) is 10.3. The summed E-state index contributed by atoms with van der Waals surface area (Å²) < 4.78 is 1.25. The zero-order valence-corrected chi connectivity index (χ0v) is 17.1. The van der Waals surface area contributed by atoms with Gasteiger partial charge in [0.1, 0.15) is 0 Å². The number of hydrogen-bond donors (Lipinski definition) is 1. The van der Waals surface area contributed by atoms with Gasteiger partial charge in [-0.25, -0.2) is 4.68 Å². The maximum Gasteiger partial charge on any atom is 0.273 e. The van der Waals surface area contributed by atoms with Crippen LogP contribution in [0.4, 0.5) is 0 Å². The topological polar surface area (TPSA) is 78.4 Å². The molecular weight excluding hydrogens is 380 g/mol. The molecule has 4 rings (SSSR count). The average molecular weight is 406 g/mol. The molecule has 0 spiro atoms. The standard InChI is InChI=1S/C23H26N4O3/c1-17-6-2-3-7-18(17)16-25-12-14-26(15-13-25)21(28)10-11-27-23(30)20-9-5-4-8-19(20)22(29)24-27/h2-9H,10-16H2,1H3,(H,24,29). The molecule has 2 aromatic carbocycles. The van der Waals surface area contributed by atoms with Gasteiger partial charge in [0.2, 0.25) is 5.91 Å². The Morgan fingerprint density at radius 3 is 2.33 bits per heavy atom. The van der Waals surface area contributed by atoms with E-state index in [1.54, 1.807) is 24.3 Å². The molecule has 30 heavy (non-hydrogen) atoms. The number of fused-ring (bicyclic) bond motifs is 1. The van der Waals surface area contributed by atoms with Gasteiger partial charge in [0.05, 0.1) is 17.3 Å². The number of nitrogens with one attached hydrogen (secondary N) is 1. The van der Waals surface area contributed by atoms with Crippen LogP contribution in [-0.2, 0) is 17.9 Å². The third kappa shape index (κ3) is 4.21. The van der Waals surface area contributed by atoms with E-state index in [0.717, 1.165) is 19.6 Å². The number of amides is 1. The number of rotatable bonds is 5. The first-order chi connectivity index (χ1) is 14.5. The Hall–Kier alpha value is -3.19. The van der Waals surface area contributed by atoms with Crippen molar-refractivity contribution in [1.82, 2.24) is 19.6 Å². The average Bonchev–Trinajstić information content (AvgIpc) is 2.77. The van der Waals surface area contributed by atoms with Crippen LogP contribution in [0.3, 0.4) is 0 Å². The molecule has 1 aliphatic heterocycles. The van der Waals surface area contributed by atoms with E-state index in [0.29, 0.717) is 23.9 Å². The van der Waals surface area contributed by atoms with Gasteiger partial charge in [-0.15, -0.1) is 0 Å². The number of aromatic amines is 1. The largest absolute Gasteiger partial charge is 0.340 e. The molecule has 0 atom stereocenters. The minimum Gasteiger partial charge on any atom is -0.340 e. The number of carbonyl (C=O) groups excluding carboxylic acids is 1. The smallest absolute Gasteiger partial charge is 0.273 e. The van der Waals surface area contributed by atoms with Gasteiger partial charge in [0.25, 0.3) is 11.1 Å². The van der Waals surface area contributed by atoms with Crippen LogP contribution in [-0.4, -0.2) is 51.7 Å². The highest BCUT2D eigenvalue weighted by Gasteiger charge is 2.21. The van der Waals surface area contributed by atoms with Crippen molar-refractivity contribution < 1.29 is 4.79 Å². The highest BCUT2D eigenvalue weighted by molar-refractivity contribution is 5.80. The van der Waals surface area contributed by atoms with Gasteiger partial charge in [-0.2, -0.15) is 0 Å². The Balaban J connectivity index is 1.34. The molecule has 0 aliphatic carbocycles. The predicted octanol–water partition coefficient (Wildman–Crippen LogP) is 1.73. The van der Waals surface area contributed by atoms with Crippen LogP contribution >= 0.6 is 0 Å². The predicted molar refractivity (Wildman–Crippen MR) is 116 cm³/mol. The maximum absolute atomic E-state index is 12.7. The van der Waals surface area contributed by atoms with E-state index in [4.69, 9.17) is 0 Å². The molecule has 1 amide bonds. The Kier molecular flexibility index (Phi) is 5.81. The van der Waals surface area contributed by atoms with Crippen LogP contribution in [0, 0.1) is 6.92 Å². The van der Waals surface area contributed by atoms with Gasteiger partial charge >= 0.3 is 0 Å². The van der Waals surface area contributed by atoms with Gasteiger partial charge in [0.15, 0.2) is 0 Å². The molecule has 0 bridgehead atoms. The zero-order valence-electron chi connectivity index (χ0n) is 17.1. The summed E-state index contributed by atoms with van der Waals surface area (Å²) in [5.74, 6) is 0.00597. The van der Waals surface area contributed by atoms with E-state index in [-0.39, 0.29) is 30.0 Å². The molecule has 156 valence electrons. The number of aryl methyl sites for hydroxylation is 2. The highest BCUT2D eigenvalue weighted by atomic mass is 16.2. The number of H-pyrrole nitrogens is 1. The number of piperazine rings is 1. The normalized spacial score (nSPS) is 14.9. The number of benzene rings is 2. The Bertz CT molecular complexity index is 1170. The summed E-state index contributed by atoms with van der Waals surface area (Å²) in [6, 6.07) is 15.1. The number of carbonyl (C=O) groups is 1. The Morgan fingerprint density at radius 1 is 0.933 bits per heavy atom. The fourth-order valence-corrected chi connectivity index (χ4v) is 3.95. The quantitative estimate of drug-likeness (QED) is 0.700. The number of aromatic nitrogens is 2. The highest BCUT2D eigenvalue weighted by Crippen LogP contribution is 2.13. The van der Waals surface area contributed by atoms with E-state index in [9.17, 15) is 14.4 Å². The summed E-state index contributed by atoms with van der Waals surface area (Å²) in [5, 5.41) is 3.33. The van der Waals surface area contributed by atoms with E-state index < -0.39 is 0 Å². The molecule has 2 heterocycles. The molecule has 1 N–H and O–H groups in total. The zero-order chi connectivity index (χ0) is 21.1. The second-order valence-corrected chi connectivity index (χ2v) is 7.78. The Labute approximate surface area is 174 Å². The molecule has 7 heteroatoms. The van der Waals surface area contributed by atoms with Crippen molar-refractivity contribution in [1.29, 1.82) is 0 Å². The molecule has 1 saturated heterocycles. The molecule has 7 nitrogen and oxygen atoms in total. The number of hydrogen-bond acceptors (Lipinski definition) is 4. The third-order valence-electron chi connectivity index (χ3n) is 5.81. The SMILES string of the molecule is Cc1ccccc1CN1CCN(C(=O)CCn2[nH]c(=O)c3ccccc3c2=O)CC1. The second kappa shape index (κ2) is 8.67. The molecule has 3 aromatic rings. The van der Waals surface area contributed by atoms with Crippen LogP contribution < -0.4 is 11.1 Å². The molecule has 1 aromatic heterocycles. The van der Waals surface area contributed by atoms with Crippen molar-refractivity contribution in [2.75, 3.05) is 26.2 Å². The minimum absolute atomic E-state index is 0.00597. The van der Waals surface area contributed by atoms with Gasteiger partial charge in [-0.1, -0.05) is 36.4 Å². The lowest BCUT2D eigenvalue weighted by Gasteiger charge is -2.35. The number of nitrogens with zero attached hydrogens (tertiary/aromatic N) is 3. The summed E-state index contributed by atoms with van der Waals surface area (Å²) in [5.41, 5.74) is 2.01. The Morgan fingerprint density at radius 2 is 1.60 bits per heavy atom. The van der Waals surface area contributed by atoms with Crippen LogP contribution in [0.25, 0.3) is 10.8 Å². The molecule has 1 aliphatic rings. The second-order valence-electron chi connectivity index (χ2n) is 7.78. The molecule has 0 saturated carbocycles. The van der Waals surface area contributed by atoms with E-state index >= 15 is 0 Å². The fraction of sp³-hybridized carbons (Fsp3) is 0.348. The van der Waals surface area contributed by atoms with Gasteiger partial charge in [-0.3, -0.25) is 24.4 Å². The van der Waals surface area contributed by atoms with E-state index in [2.05, 4.69) is 35.1 Å². The summed E-state index contributed by atoms with van der Waals surface area (Å²) >= 11 is 0. The summed E-state index contributed by atoms with van der Waals surface area (Å²) in [6.07, 6.45) is 0.186. The summed E-state index contributed by atoms with van der Waals surface area (Å²) in [7, 11) is 0. The van der Waals surface area contributed by atoms with Crippen molar-refractivity contribution in [3.8, 4) is 0 Å². The van der Waals surface area contributed by atoms with Crippen molar-refractivity contribution in [2.45, 2.75) is 26.4 Å². The molecule has 1 fully saturated rings. The minimum atomic E-state index is -0.317. The van der Waals surface area contributed by atoms with E-state index in [1.165, 1.54) is 15.8 Å². The van der Waals surface area contributed by atoms with Crippen LogP contribution in [0.1, 0.15) is 17.5 Å². The summed E-state index contributed by atoms with van der Waals surface area (Å²) in [6.45, 7) is 6.18. The summed E-state index contributed by atoms with van der Waals surface area (Å²) in [4.78, 5) is 41.6. The lowest BCUT2D eigenvalue weighted by molar-refractivity contribution is -0.133. The lowest BCUT2D eigenvalue weighted by atomic mass is 10.1. The van der Waals surface area contributed by atoms with Crippen LogP contribution in [0.15, 0.2) is 58.1 Å². The van der Waals surface area contributed by atoms with Crippen molar-refractivity contribution in [3.05, 3.63) is 80.4 Å². The van der Waals surface area contributed by atoms with Crippen LogP contribution in [0.2, 0.25) is 0 Å². The third-order valence-corrected chi connectivity index (χ3v) is 5.81. The first-order valence-electron chi connectivity index (χ1n) is 10.3. The maximum atomic E-state index is 12.7. The van der Waals surface area contributed by atoms with Gasteiger partial charge in [0, 0.05) is 39.1 Å². The molecule has 0 unspecified atom stereocenters. The van der Waals surface area contributed by atoms with Gasteiger partial charge in [-0.05, 0) is 30.2 Å². The fourth-order valence-electron chi connectivity index (χ4n) is 3.95. The monoisotopic (exact) mass is 406 g/mol. The van der Waals surface area contributed by atoms with Crippen molar-refractivity contribution in [2.24, 2.45) is 0 Å². The molecular formula is C23H26N4O3. The van der Waals surface area contributed by atoms with Crippen molar-refractivity contribution >= 4 is 16.7 Å². The van der Waals surface area contributed by atoms with Gasteiger partial charge < -0.3 is 4.90 Å².